The molecule has 2 aromatic rings. The molecule has 104 valence electrons. The Labute approximate surface area is 117 Å². The van der Waals surface area contributed by atoms with Gasteiger partial charge in [-0.1, -0.05) is 6.07 Å². The summed E-state index contributed by atoms with van der Waals surface area (Å²) in [7, 11) is 0. The van der Waals surface area contributed by atoms with E-state index in [-0.39, 0.29) is 11.9 Å². The van der Waals surface area contributed by atoms with Crippen LogP contribution in [0.25, 0.3) is 10.8 Å². The number of nitrogens with two attached hydrogens (primary N) is 1. The van der Waals surface area contributed by atoms with Gasteiger partial charge in [-0.05, 0) is 31.9 Å². The second kappa shape index (κ2) is 5.00. The Morgan fingerprint density at radius 2 is 2.20 bits per heavy atom. The fourth-order valence-corrected chi connectivity index (χ4v) is 2.17. The Bertz CT molecular complexity index is 651. The summed E-state index contributed by atoms with van der Waals surface area (Å²) in [6.07, 6.45) is 5.66. The van der Waals surface area contributed by atoms with Crippen molar-refractivity contribution >= 4 is 28.1 Å². The van der Waals surface area contributed by atoms with Crippen molar-refractivity contribution in [2.24, 2.45) is 0 Å². The monoisotopic (exact) mass is 270 g/mol. The average molecular weight is 270 g/mol. The first-order valence-electron chi connectivity index (χ1n) is 6.84. The Kier molecular flexibility index (Phi) is 3.18. The Balaban J connectivity index is 1.79. The standard InChI is InChI=1S/C15H18N4O/c1-9(15(20)19-11-3-4-11)18-13-5-2-10-8-17-7-6-12(10)14(13)16/h2,5-9,11,18H,3-4,16H2,1H3,(H,19,20). The van der Waals surface area contributed by atoms with Gasteiger partial charge in [0.05, 0.1) is 11.4 Å². The number of pyridine rings is 1. The molecule has 1 saturated carbocycles. The minimum absolute atomic E-state index is 0.0155. The van der Waals surface area contributed by atoms with Crippen LogP contribution in [0, 0.1) is 0 Å². The Morgan fingerprint density at radius 3 is 2.95 bits per heavy atom. The number of hydrogen-bond acceptors (Lipinski definition) is 4. The zero-order chi connectivity index (χ0) is 14.1. The third-order valence-corrected chi connectivity index (χ3v) is 3.55. The molecule has 5 nitrogen and oxygen atoms in total. The number of nitrogens with zero attached hydrogens (tertiary/aromatic N) is 1. The minimum Gasteiger partial charge on any atom is -0.397 e. The molecule has 0 radical (unpaired) electrons. The number of carbonyl (C=O) groups is 1. The summed E-state index contributed by atoms with van der Waals surface area (Å²) >= 11 is 0. The zero-order valence-electron chi connectivity index (χ0n) is 11.4. The molecule has 1 fully saturated rings. The normalized spacial score (nSPS) is 15.8. The molecular weight excluding hydrogens is 252 g/mol. The number of anilines is 2. The van der Waals surface area contributed by atoms with Gasteiger partial charge in [0.1, 0.15) is 6.04 Å². The van der Waals surface area contributed by atoms with E-state index in [1.54, 1.807) is 12.4 Å². The zero-order valence-corrected chi connectivity index (χ0v) is 11.4. The molecule has 3 rings (SSSR count). The van der Waals surface area contributed by atoms with Crippen LogP contribution in [-0.4, -0.2) is 23.0 Å². The molecule has 4 N–H and O–H groups in total. The maximum atomic E-state index is 11.9. The number of fused-ring (bicyclic) bond motifs is 1. The first kappa shape index (κ1) is 12.7. The molecule has 5 heteroatoms. The quantitative estimate of drug-likeness (QED) is 0.741. The first-order valence-corrected chi connectivity index (χ1v) is 6.84. The number of aromatic nitrogens is 1. The van der Waals surface area contributed by atoms with E-state index in [4.69, 9.17) is 5.73 Å². The molecule has 0 spiro atoms. The fraction of sp³-hybridized carbons (Fsp3) is 0.333. The fourth-order valence-electron chi connectivity index (χ4n) is 2.17. The van der Waals surface area contributed by atoms with Crippen LogP contribution in [0.4, 0.5) is 11.4 Å². The van der Waals surface area contributed by atoms with Gasteiger partial charge in [0, 0.05) is 29.2 Å². The SMILES string of the molecule is CC(Nc1ccc2cnccc2c1N)C(=O)NC1CC1. The maximum Gasteiger partial charge on any atom is 0.242 e. The van der Waals surface area contributed by atoms with E-state index in [1.165, 1.54) is 0 Å². The number of carbonyl (C=O) groups excluding carboxylic acids is 1. The van der Waals surface area contributed by atoms with E-state index in [0.29, 0.717) is 11.7 Å². The van der Waals surface area contributed by atoms with Crippen LogP contribution in [0.2, 0.25) is 0 Å². The number of amides is 1. The molecule has 0 saturated heterocycles. The highest BCUT2D eigenvalue weighted by Gasteiger charge is 2.25. The van der Waals surface area contributed by atoms with Gasteiger partial charge < -0.3 is 16.4 Å². The number of benzene rings is 1. The maximum absolute atomic E-state index is 11.9. The van der Waals surface area contributed by atoms with Crippen LogP contribution in [0.1, 0.15) is 19.8 Å². The van der Waals surface area contributed by atoms with Crippen LogP contribution in [0.5, 0.6) is 0 Å². The first-order chi connectivity index (χ1) is 9.65. The van der Waals surface area contributed by atoms with Gasteiger partial charge in [-0.25, -0.2) is 0 Å². The van der Waals surface area contributed by atoms with E-state index >= 15 is 0 Å². The van der Waals surface area contributed by atoms with Crippen LogP contribution < -0.4 is 16.4 Å². The van der Waals surface area contributed by atoms with Crippen LogP contribution >= 0.6 is 0 Å². The molecule has 1 amide bonds. The predicted octanol–water partition coefficient (Wildman–Crippen LogP) is 1.90. The predicted molar refractivity (Wildman–Crippen MR) is 80.4 cm³/mol. The van der Waals surface area contributed by atoms with E-state index in [9.17, 15) is 4.79 Å². The van der Waals surface area contributed by atoms with E-state index in [0.717, 1.165) is 29.3 Å². The van der Waals surface area contributed by atoms with Crippen molar-refractivity contribution in [2.75, 3.05) is 11.1 Å². The Hall–Kier alpha value is -2.30. The highest BCUT2D eigenvalue weighted by molar-refractivity contribution is 5.99. The van der Waals surface area contributed by atoms with Crippen molar-refractivity contribution in [3.63, 3.8) is 0 Å². The van der Waals surface area contributed by atoms with Crippen molar-refractivity contribution in [2.45, 2.75) is 31.8 Å². The van der Waals surface area contributed by atoms with Gasteiger partial charge in [0.15, 0.2) is 0 Å². The summed E-state index contributed by atoms with van der Waals surface area (Å²) in [6.45, 7) is 1.84. The van der Waals surface area contributed by atoms with Crippen molar-refractivity contribution in [1.82, 2.24) is 10.3 Å². The van der Waals surface area contributed by atoms with Crippen LogP contribution in [0.15, 0.2) is 30.6 Å². The third kappa shape index (κ3) is 2.52. The van der Waals surface area contributed by atoms with Crippen molar-refractivity contribution in [1.29, 1.82) is 0 Å². The van der Waals surface area contributed by atoms with Crippen LogP contribution in [0.3, 0.4) is 0 Å². The number of rotatable bonds is 4. The topological polar surface area (TPSA) is 80.0 Å². The minimum atomic E-state index is -0.308. The summed E-state index contributed by atoms with van der Waals surface area (Å²) < 4.78 is 0. The molecule has 20 heavy (non-hydrogen) atoms. The van der Waals surface area contributed by atoms with E-state index in [1.807, 2.05) is 25.1 Å². The number of hydrogen-bond donors (Lipinski definition) is 3. The molecule has 1 unspecified atom stereocenters. The van der Waals surface area contributed by atoms with Gasteiger partial charge in [-0.2, -0.15) is 0 Å². The number of nitrogen functional groups attached to an aromatic ring is 1. The van der Waals surface area contributed by atoms with Gasteiger partial charge in [-0.3, -0.25) is 9.78 Å². The van der Waals surface area contributed by atoms with Gasteiger partial charge in [0.25, 0.3) is 0 Å². The van der Waals surface area contributed by atoms with Crippen molar-refractivity contribution in [3.05, 3.63) is 30.6 Å². The van der Waals surface area contributed by atoms with Crippen molar-refractivity contribution < 1.29 is 4.79 Å². The average Bonchev–Trinajstić information content (AvgIpc) is 3.26. The summed E-state index contributed by atoms with van der Waals surface area (Å²) in [5.41, 5.74) is 7.59. The highest BCUT2D eigenvalue weighted by Crippen LogP contribution is 2.28. The van der Waals surface area contributed by atoms with Gasteiger partial charge >= 0.3 is 0 Å². The lowest BCUT2D eigenvalue weighted by atomic mass is 10.1. The van der Waals surface area contributed by atoms with E-state index < -0.39 is 0 Å². The lowest BCUT2D eigenvalue weighted by Gasteiger charge is -2.17. The largest absolute Gasteiger partial charge is 0.397 e. The summed E-state index contributed by atoms with van der Waals surface area (Å²) in [5.74, 6) is 0.0155. The second-order valence-electron chi connectivity index (χ2n) is 5.27. The molecule has 1 aliphatic rings. The van der Waals surface area contributed by atoms with E-state index in [2.05, 4.69) is 15.6 Å². The molecule has 1 heterocycles. The van der Waals surface area contributed by atoms with Crippen molar-refractivity contribution in [3.8, 4) is 0 Å². The smallest absolute Gasteiger partial charge is 0.242 e. The van der Waals surface area contributed by atoms with Crippen LogP contribution in [-0.2, 0) is 4.79 Å². The lowest BCUT2D eigenvalue weighted by Crippen LogP contribution is -2.38. The summed E-state index contributed by atoms with van der Waals surface area (Å²) in [5, 5.41) is 8.09. The lowest BCUT2D eigenvalue weighted by molar-refractivity contribution is -0.121. The number of nitrogens with one attached hydrogen (secondary N) is 2. The molecule has 1 aromatic heterocycles. The Morgan fingerprint density at radius 1 is 1.40 bits per heavy atom. The third-order valence-electron chi connectivity index (χ3n) is 3.55. The summed E-state index contributed by atoms with van der Waals surface area (Å²) in [6, 6.07) is 5.78. The second-order valence-corrected chi connectivity index (χ2v) is 5.27. The van der Waals surface area contributed by atoms with Gasteiger partial charge in [-0.15, -0.1) is 0 Å². The molecule has 0 bridgehead atoms. The molecule has 0 aliphatic heterocycles. The molecule has 1 atom stereocenters. The molecule has 1 aliphatic carbocycles. The highest BCUT2D eigenvalue weighted by atomic mass is 16.2. The van der Waals surface area contributed by atoms with Gasteiger partial charge in [0.2, 0.25) is 5.91 Å². The molecule has 1 aromatic carbocycles. The summed E-state index contributed by atoms with van der Waals surface area (Å²) in [4.78, 5) is 16.0. The molecular formula is C15H18N4O.